The Bertz CT molecular complexity index is 482. The summed E-state index contributed by atoms with van der Waals surface area (Å²) < 4.78 is 0. The molecular weight excluding hydrogens is 201 g/mol. The van der Waals surface area contributed by atoms with Crippen LogP contribution in [0.5, 0.6) is 0 Å². The minimum atomic E-state index is -0.573. The van der Waals surface area contributed by atoms with Crippen LogP contribution in [0.4, 0.5) is 4.79 Å². The van der Waals surface area contributed by atoms with E-state index in [0.717, 1.165) is 0 Å². The highest BCUT2D eigenvalue weighted by molar-refractivity contribution is 6.32. The van der Waals surface area contributed by atoms with Crippen LogP contribution in [0.1, 0.15) is 0 Å². The predicted molar refractivity (Wildman–Crippen MR) is 42.0 cm³/mol. The van der Waals surface area contributed by atoms with Gasteiger partial charge < -0.3 is 0 Å². The maximum atomic E-state index is 10.7. The van der Waals surface area contributed by atoms with Gasteiger partial charge in [0.05, 0.1) is 0 Å². The van der Waals surface area contributed by atoms with Gasteiger partial charge in [-0.3, -0.25) is 0 Å². The highest BCUT2D eigenvalue weighted by atomic mass is 35.5. The molecule has 0 radical (unpaired) electrons. The molecule has 1 aromatic rings. The van der Waals surface area contributed by atoms with Crippen molar-refractivity contribution < 1.29 is 4.79 Å². The Hall–Kier alpha value is -1.00. The van der Waals surface area contributed by atoms with Crippen LogP contribution in [-0.2, 0) is 0 Å². The maximum absolute atomic E-state index is 10.7. The first kappa shape index (κ1) is 7.64. The van der Waals surface area contributed by atoms with Crippen molar-refractivity contribution >= 4 is 29.2 Å². The number of aromatic nitrogens is 1. The lowest BCUT2D eigenvalue weighted by Gasteiger charge is -1.88. The zero-order valence-electron chi connectivity index (χ0n) is 5.58. The van der Waals surface area contributed by atoms with Crippen LogP contribution >= 0.6 is 23.2 Å². The van der Waals surface area contributed by atoms with E-state index in [1.54, 1.807) is 0 Å². The molecule has 0 saturated carbocycles. The van der Waals surface area contributed by atoms with Crippen LogP contribution in [0, 0.1) is 0 Å². The molecule has 0 bridgehead atoms. The van der Waals surface area contributed by atoms with Crippen molar-refractivity contribution in [2.45, 2.75) is 0 Å². The van der Waals surface area contributed by atoms with Crippen LogP contribution in [0.25, 0.3) is 0 Å². The Morgan fingerprint density at radius 1 is 1.25 bits per heavy atom. The molecule has 2 amide bonds. The fourth-order valence-electron chi connectivity index (χ4n) is 0.878. The van der Waals surface area contributed by atoms with Gasteiger partial charge >= 0.3 is 6.03 Å². The van der Waals surface area contributed by atoms with Crippen molar-refractivity contribution in [1.82, 2.24) is 4.98 Å². The van der Waals surface area contributed by atoms with Crippen LogP contribution in [-0.4, -0.2) is 11.0 Å². The van der Waals surface area contributed by atoms with Gasteiger partial charge in [-0.1, -0.05) is 23.2 Å². The first-order valence-corrected chi connectivity index (χ1v) is 3.76. The number of pyridine rings is 1. The zero-order chi connectivity index (χ0) is 8.72. The Morgan fingerprint density at radius 2 is 2.00 bits per heavy atom. The van der Waals surface area contributed by atoms with E-state index in [1.807, 2.05) is 0 Å². The number of hydrogen-bond donors (Lipinski definition) is 0. The third-order valence-corrected chi connectivity index (χ3v) is 1.78. The molecule has 4 nitrogen and oxygen atoms in total. The second-order valence-electron chi connectivity index (χ2n) is 2.11. The lowest BCUT2D eigenvalue weighted by molar-refractivity contribution is 0.256. The number of rotatable bonds is 0. The van der Waals surface area contributed by atoms with E-state index in [9.17, 15) is 4.79 Å². The van der Waals surface area contributed by atoms with Gasteiger partial charge in [-0.2, -0.15) is 9.98 Å². The fraction of sp³-hybridized carbons (Fsp3) is 0. The number of hydrogen-bond acceptors (Lipinski definition) is 2. The summed E-state index contributed by atoms with van der Waals surface area (Å²) in [7, 11) is 0. The molecule has 0 fully saturated rings. The molecule has 0 unspecified atom stereocenters. The summed E-state index contributed by atoms with van der Waals surface area (Å²) in [6, 6.07) is 0.868. The summed E-state index contributed by atoms with van der Waals surface area (Å²) >= 11 is 11.2. The average Bonchev–Trinajstić information content (AvgIpc) is 2.29. The van der Waals surface area contributed by atoms with Crippen molar-refractivity contribution in [2.75, 3.05) is 0 Å². The molecule has 2 rings (SSSR count). The average molecular weight is 202 g/mol. The van der Waals surface area contributed by atoms with Crippen molar-refractivity contribution in [3.8, 4) is 0 Å². The zero-order valence-corrected chi connectivity index (χ0v) is 7.10. The molecule has 1 aromatic heterocycles. The third kappa shape index (κ3) is 1.09. The van der Waals surface area contributed by atoms with E-state index in [4.69, 9.17) is 23.2 Å². The molecule has 60 valence electrons. The molecular formula is C6HCl2N3O. The van der Waals surface area contributed by atoms with Crippen LogP contribution in [0.2, 0.25) is 10.3 Å². The van der Waals surface area contributed by atoms with E-state index in [2.05, 4.69) is 15.0 Å². The van der Waals surface area contributed by atoms with Crippen molar-refractivity contribution in [3.05, 3.63) is 27.1 Å². The van der Waals surface area contributed by atoms with Crippen LogP contribution in [0.15, 0.2) is 16.1 Å². The van der Waals surface area contributed by atoms with Gasteiger partial charge in [0.1, 0.15) is 15.9 Å². The van der Waals surface area contributed by atoms with E-state index < -0.39 is 6.03 Å². The summed E-state index contributed by atoms with van der Waals surface area (Å²) in [5, 5.41) is 0.982. The lowest BCUT2D eigenvalue weighted by atomic mass is 10.4. The van der Waals surface area contributed by atoms with Crippen molar-refractivity contribution in [2.24, 2.45) is 9.98 Å². The highest BCUT2D eigenvalue weighted by Gasteiger charge is 2.09. The fourth-order valence-corrected chi connectivity index (χ4v) is 1.34. The topological polar surface area (TPSA) is 54.7 Å². The first-order chi connectivity index (χ1) is 5.66. The molecule has 12 heavy (non-hydrogen) atoms. The Balaban J connectivity index is 2.95. The minimum absolute atomic E-state index is 0.104. The summed E-state index contributed by atoms with van der Waals surface area (Å²) in [6.45, 7) is 0. The van der Waals surface area contributed by atoms with E-state index in [0.29, 0.717) is 10.7 Å². The van der Waals surface area contributed by atoms with Crippen LogP contribution in [0.3, 0.4) is 0 Å². The first-order valence-electron chi connectivity index (χ1n) is 3.00. The molecule has 1 aliphatic rings. The summed E-state index contributed by atoms with van der Waals surface area (Å²) in [5.74, 6) is 0. The smallest absolute Gasteiger partial charge is 0.244 e. The molecule has 0 atom stereocenters. The second kappa shape index (κ2) is 2.50. The number of amides is 2. The normalized spacial score (nSPS) is 13.7. The second-order valence-corrected chi connectivity index (χ2v) is 2.85. The SMILES string of the molecule is O=C1N=c2cc(Cl)nc(Cl)c2=N1. The molecule has 1 aliphatic heterocycles. The maximum Gasteiger partial charge on any atom is 0.368 e. The monoisotopic (exact) mass is 201 g/mol. The third-order valence-electron chi connectivity index (χ3n) is 1.32. The number of halogens is 2. The molecule has 2 heterocycles. The Labute approximate surface area is 76.6 Å². The molecule has 0 saturated heterocycles. The van der Waals surface area contributed by atoms with E-state index in [1.165, 1.54) is 6.07 Å². The standard InChI is InChI=1S/C6HCl2N3O/c7-3-1-2-4(5(8)10-3)11-6(12)9-2/h1H. The minimum Gasteiger partial charge on any atom is -0.244 e. The summed E-state index contributed by atoms with van der Waals surface area (Å²) in [4.78, 5) is 21.5. The number of carbonyl (C=O) groups is 1. The van der Waals surface area contributed by atoms with Gasteiger partial charge in [0.25, 0.3) is 0 Å². The predicted octanol–water partition coefficient (Wildman–Crippen LogP) is 0.761. The summed E-state index contributed by atoms with van der Waals surface area (Å²) in [6.07, 6.45) is 0. The molecule has 0 spiro atoms. The van der Waals surface area contributed by atoms with Crippen molar-refractivity contribution in [1.29, 1.82) is 0 Å². The van der Waals surface area contributed by atoms with E-state index >= 15 is 0 Å². The van der Waals surface area contributed by atoms with Gasteiger partial charge in [0.2, 0.25) is 0 Å². The summed E-state index contributed by atoms with van der Waals surface area (Å²) in [5.41, 5.74) is 0. The Kier molecular flexibility index (Phi) is 1.59. The van der Waals surface area contributed by atoms with Crippen molar-refractivity contribution in [3.63, 3.8) is 0 Å². The van der Waals surface area contributed by atoms with Gasteiger partial charge in [-0.15, -0.1) is 0 Å². The Morgan fingerprint density at radius 3 is 2.75 bits per heavy atom. The van der Waals surface area contributed by atoms with Gasteiger partial charge in [0.15, 0.2) is 5.15 Å². The molecule has 6 heteroatoms. The lowest BCUT2D eigenvalue weighted by Crippen LogP contribution is -2.23. The molecule has 0 N–H and O–H groups in total. The van der Waals surface area contributed by atoms with Gasteiger partial charge in [-0.05, 0) is 0 Å². The highest BCUT2D eigenvalue weighted by Crippen LogP contribution is 2.03. The number of carbonyl (C=O) groups excluding carboxylic acids is 1. The number of urea groups is 1. The quantitative estimate of drug-likeness (QED) is 0.583. The number of nitrogens with zero attached hydrogens (tertiary/aromatic N) is 3. The molecule has 0 aromatic carbocycles. The van der Waals surface area contributed by atoms with Crippen LogP contribution < -0.4 is 10.7 Å². The largest absolute Gasteiger partial charge is 0.368 e. The number of fused-ring (bicyclic) bond motifs is 1. The molecule has 0 aliphatic carbocycles. The van der Waals surface area contributed by atoms with Gasteiger partial charge in [0, 0.05) is 6.07 Å². The van der Waals surface area contributed by atoms with E-state index in [-0.39, 0.29) is 10.3 Å². The van der Waals surface area contributed by atoms with Gasteiger partial charge in [-0.25, -0.2) is 9.78 Å².